The molecule has 114 valence electrons. The molecule has 0 fully saturated rings. The molecule has 0 rings (SSSR count). The number of hydrogen-bond donors (Lipinski definition) is 3. The van der Waals surface area contributed by atoms with Crippen LogP contribution in [0.25, 0.3) is 0 Å². The fourth-order valence-corrected chi connectivity index (χ4v) is 2.19. The SMILES string of the molecule is CCCCCCCCCCN(CC(=O)O)CC(N)N. The summed E-state index contributed by atoms with van der Waals surface area (Å²) in [6.07, 6.45) is 9.51. The smallest absolute Gasteiger partial charge is 0.317 e. The first-order valence-corrected chi connectivity index (χ1v) is 7.51. The van der Waals surface area contributed by atoms with Crippen LogP contribution in [0.2, 0.25) is 0 Å². The lowest BCUT2D eigenvalue weighted by Crippen LogP contribution is -2.45. The van der Waals surface area contributed by atoms with E-state index in [-0.39, 0.29) is 6.54 Å². The average molecular weight is 273 g/mol. The van der Waals surface area contributed by atoms with E-state index in [1.54, 1.807) is 0 Å². The van der Waals surface area contributed by atoms with Crippen molar-refractivity contribution in [3.05, 3.63) is 0 Å². The first-order chi connectivity index (χ1) is 9.06. The predicted molar refractivity (Wildman–Crippen MR) is 78.8 cm³/mol. The third-order valence-electron chi connectivity index (χ3n) is 3.16. The summed E-state index contributed by atoms with van der Waals surface area (Å²) >= 11 is 0. The van der Waals surface area contributed by atoms with E-state index in [4.69, 9.17) is 16.6 Å². The molecule has 0 radical (unpaired) electrons. The maximum Gasteiger partial charge on any atom is 0.317 e. The Balaban J connectivity index is 3.54. The molecule has 0 atom stereocenters. The number of nitrogens with zero attached hydrogens (tertiary/aromatic N) is 1. The highest BCUT2D eigenvalue weighted by Gasteiger charge is 2.10. The van der Waals surface area contributed by atoms with Crippen LogP contribution in [-0.2, 0) is 4.79 Å². The van der Waals surface area contributed by atoms with Crippen molar-refractivity contribution in [2.24, 2.45) is 11.5 Å². The zero-order valence-electron chi connectivity index (χ0n) is 12.3. The first-order valence-electron chi connectivity index (χ1n) is 7.51. The zero-order valence-corrected chi connectivity index (χ0v) is 12.3. The Labute approximate surface area is 117 Å². The molecule has 0 unspecified atom stereocenters. The van der Waals surface area contributed by atoms with Crippen LogP contribution in [0.4, 0.5) is 0 Å². The van der Waals surface area contributed by atoms with Crippen LogP contribution in [0.1, 0.15) is 58.3 Å². The summed E-state index contributed by atoms with van der Waals surface area (Å²) in [5.41, 5.74) is 11.0. The Morgan fingerprint density at radius 3 is 2.05 bits per heavy atom. The van der Waals surface area contributed by atoms with Gasteiger partial charge in [0.15, 0.2) is 0 Å². The third kappa shape index (κ3) is 13.6. The van der Waals surface area contributed by atoms with E-state index in [1.165, 1.54) is 38.5 Å². The van der Waals surface area contributed by atoms with E-state index < -0.39 is 12.1 Å². The highest BCUT2D eigenvalue weighted by Crippen LogP contribution is 2.08. The molecule has 0 saturated carbocycles. The molecule has 5 nitrogen and oxygen atoms in total. The number of unbranched alkanes of at least 4 members (excludes halogenated alkanes) is 7. The first kappa shape index (κ1) is 18.4. The topological polar surface area (TPSA) is 92.6 Å². The fourth-order valence-electron chi connectivity index (χ4n) is 2.19. The van der Waals surface area contributed by atoms with E-state index in [2.05, 4.69) is 6.92 Å². The van der Waals surface area contributed by atoms with Gasteiger partial charge < -0.3 is 16.6 Å². The van der Waals surface area contributed by atoms with Crippen LogP contribution in [0, 0.1) is 0 Å². The summed E-state index contributed by atoms with van der Waals surface area (Å²) in [4.78, 5) is 12.5. The van der Waals surface area contributed by atoms with Crippen molar-refractivity contribution in [2.45, 2.75) is 64.5 Å². The van der Waals surface area contributed by atoms with Crippen molar-refractivity contribution in [3.63, 3.8) is 0 Å². The Kier molecular flexibility index (Phi) is 12.0. The van der Waals surface area contributed by atoms with Crippen LogP contribution in [0.15, 0.2) is 0 Å². The normalized spacial score (nSPS) is 11.4. The minimum atomic E-state index is -0.819. The van der Waals surface area contributed by atoms with Gasteiger partial charge in [-0.2, -0.15) is 0 Å². The maximum atomic E-state index is 10.7. The summed E-state index contributed by atoms with van der Waals surface area (Å²) < 4.78 is 0. The number of carbonyl (C=O) groups is 1. The van der Waals surface area contributed by atoms with Crippen molar-refractivity contribution in [2.75, 3.05) is 19.6 Å². The van der Waals surface area contributed by atoms with Gasteiger partial charge in [-0.15, -0.1) is 0 Å². The maximum absolute atomic E-state index is 10.7. The van der Waals surface area contributed by atoms with Gasteiger partial charge in [0.05, 0.1) is 12.7 Å². The number of carboxylic acids is 1. The van der Waals surface area contributed by atoms with Gasteiger partial charge in [0, 0.05) is 6.54 Å². The van der Waals surface area contributed by atoms with Crippen LogP contribution in [-0.4, -0.2) is 41.8 Å². The van der Waals surface area contributed by atoms with E-state index in [0.29, 0.717) is 6.54 Å². The molecule has 5 heteroatoms. The monoisotopic (exact) mass is 273 g/mol. The van der Waals surface area contributed by atoms with Gasteiger partial charge in [0.25, 0.3) is 0 Å². The van der Waals surface area contributed by atoms with E-state index >= 15 is 0 Å². The Morgan fingerprint density at radius 2 is 1.58 bits per heavy atom. The number of carboxylic acid groups (broad SMARTS) is 1. The molecular formula is C14H31N3O2. The molecule has 0 heterocycles. The molecule has 0 aromatic heterocycles. The lowest BCUT2D eigenvalue weighted by Gasteiger charge is -2.21. The summed E-state index contributed by atoms with van der Waals surface area (Å²) in [6, 6.07) is 0. The van der Waals surface area contributed by atoms with Gasteiger partial charge in [-0.05, 0) is 13.0 Å². The summed E-state index contributed by atoms with van der Waals surface area (Å²) in [5, 5.41) is 8.80. The molecule has 0 aromatic carbocycles. The highest BCUT2D eigenvalue weighted by atomic mass is 16.4. The second kappa shape index (κ2) is 12.4. The number of rotatable bonds is 13. The molecule has 0 bridgehead atoms. The van der Waals surface area contributed by atoms with Crippen molar-refractivity contribution in [1.82, 2.24) is 4.90 Å². The molecule has 0 aliphatic heterocycles. The average Bonchev–Trinajstić information content (AvgIpc) is 2.30. The molecule has 5 N–H and O–H groups in total. The molecule has 0 aromatic rings. The van der Waals surface area contributed by atoms with Gasteiger partial charge in [0.1, 0.15) is 0 Å². The Bertz CT molecular complexity index is 223. The number of hydrogen-bond acceptors (Lipinski definition) is 4. The molecular weight excluding hydrogens is 242 g/mol. The van der Waals surface area contributed by atoms with E-state index in [9.17, 15) is 4.79 Å². The number of nitrogens with two attached hydrogens (primary N) is 2. The minimum Gasteiger partial charge on any atom is -0.480 e. The van der Waals surface area contributed by atoms with Crippen molar-refractivity contribution < 1.29 is 9.90 Å². The van der Waals surface area contributed by atoms with Crippen LogP contribution >= 0.6 is 0 Å². The predicted octanol–water partition coefficient (Wildman–Crippen LogP) is 1.76. The summed E-state index contributed by atoms with van der Waals surface area (Å²) in [6.45, 7) is 3.47. The van der Waals surface area contributed by atoms with Gasteiger partial charge >= 0.3 is 5.97 Å². The largest absolute Gasteiger partial charge is 0.480 e. The summed E-state index contributed by atoms with van der Waals surface area (Å²) in [7, 11) is 0. The lowest BCUT2D eigenvalue weighted by molar-refractivity contribution is -0.138. The van der Waals surface area contributed by atoms with Gasteiger partial charge in [-0.1, -0.05) is 51.9 Å². The quantitative estimate of drug-likeness (QED) is 0.351. The Morgan fingerprint density at radius 1 is 1.05 bits per heavy atom. The second-order valence-corrected chi connectivity index (χ2v) is 5.27. The Hall–Kier alpha value is -0.650. The van der Waals surface area contributed by atoms with Crippen molar-refractivity contribution in [3.8, 4) is 0 Å². The zero-order chi connectivity index (χ0) is 14.5. The van der Waals surface area contributed by atoms with Crippen molar-refractivity contribution >= 4 is 5.97 Å². The fraction of sp³-hybridized carbons (Fsp3) is 0.929. The molecule has 0 saturated heterocycles. The third-order valence-corrected chi connectivity index (χ3v) is 3.16. The molecule has 0 aliphatic rings. The molecule has 0 amide bonds. The van der Waals surface area contributed by atoms with E-state index in [1.807, 2.05) is 4.90 Å². The highest BCUT2D eigenvalue weighted by molar-refractivity contribution is 5.69. The molecule has 0 spiro atoms. The van der Waals surface area contributed by atoms with Crippen LogP contribution < -0.4 is 11.5 Å². The van der Waals surface area contributed by atoms with Gasteiger partial charge in [-0.25, -0.2) is 0 Å². The number of aliphatic carboxylic acids is 1. The standard InChI is InChI=1S/C14H31N3O2/c1-2-3-4-5-6-7-8-9-10-17(11-13(15)16)12-14(18)19/h13H,2-12,15-16H2,1H3,(H,18,19). The summed E-state index contributed by atoms with van der Waals surface area (Å²) in [5.74, 6) is -0.819. The molecule has 19 heavy (non-hydrogen) atoms. The second-order valence-electron chi connectivity index (χ2n) is 5.27. The lowest BCUT2D eigenvalue weighted by atomic mass is 10.1. The van der Waals surface area contributed by atoms with Gasteiger partial charge in [0.2, 0.25) is 0 Å². The van der Waals surface area contributed by atoms with E-state index in [0.717, 1.165) is 19.4 Å². The minimum absolute atomic E-state index is 0.0292. The van der Waals surface area contributed by atoms with Crippen molar-refractivity contribution in [1.29, 1.82) is 0 Å². The van der Waals surface area contributed by atoms with Gasteiger partial charge in [-0.3, -0.25) is 9.69 Å². The molecule has 0 aliphatic carbocycles. The van der Waals surface area contributed by atoms with Crippen LogP contribution in [0.3, 0.4) is 0 Å². The van der Waals surface area contributed by atoms with Crippen LogP contribution in [0.5, 0.6) is 0 Å².